The van der Waals surface area contributed by atoms with Gasteiger partial charge in [-0.1, -0.05) is 25.4 Å². The number of hydrogen-bond donors (Lipinski definition) is 2. The minimum atomic E-state index is -0.819. The fraction of sp³-hybridized carbons (Fsp3) is 0.714. The van der Waals surface area contributed by atoms with Crippen molar-refractivity contribution in [3.05, 3.63) is 21.6 Å². The molecular weight excluding hydrogens is 278 g/mol. The molecule has 0 amide bonds. The van der Waals surface area contributed by atoms with E-state index in [9.17, 15) is 9.90 Å². The maximum atomic E-state index is 12.3. The van der Waals surface area contributed by atoms with Crippen LogP contribution in [0.1, 0.15) is 39.5 Å². The second-order valence-electron chi connectivity index (χ2n) is 5.58. The summed E-state index contributed by atoms with van der Waals surface area (Å²) in [6, 6.07) is 0. The van der Waals surface area contributed by atoms with Gasteiger partial charge in [-0.05, 0) is 31.6 Å². The van der Waals surface area contributed by atoms with Gasteiger partial charge >= 0.3 is 0 Å². The lowest BCUT2D eigenvalue weighted by molar-refractivity contribution is 0.0457. The summed E-state index contributed by atoms with van der Waals surface area (Å²) in [4.78, 5) is 12.3. The van der Waals surface area contributed by atoms with Crippen LogP contribution in [0.5, 0.6) is 0 Å². The van der Waals surface area contributed by atoms with Crippen LogP contribution in [0.25, 0.3) is 0 Å². The highest BCUT2D eigenvalue weighted by Crippen LogP contribution is 2.30. The zero-order valence-electron chi connectivity index (χ0n) is 12.0. The van der Waals surface area contributed by atoms with Crippen LogP contribution in [-0.4, -0.2) is 27.0 Å². The standard InChI is InChI=1S/C14H22ClN3O2/c1-3-14(20,4-2)9-16-12-11(15)7-17-18(13(12)19)8-10-5-6-10/h7,10,16,20H,3-6,8-9H2,1-2H3. The molecule has 0 unspecified atom stereocenters. The average molecular weight is 300 g/mol. The molecule has 0 bridgehead atoms. The van der Waals surface area contributed by atoms with E-state index in [0.29, 0.717) is 42.6 Å². The molecule has 1 aliphatic rings. The van der Waals surface area contributed by atoms with Crippen molar-refractivity contribution in [1.82, 2.24) is 9.78 Å². The molecular formula is C14H22ClN3O2. The summed E-state index contributed by atoms with van der Waals surface area (Å²) in [6.07, 6.45) is 5.05. The Morgan fingerprint density at radius 1 is 1.50 bits per heavy atom. The SMILES string of the molecule is CCC(O)(CC)CNc1c(Cl)cnn(CC2CC2)c1=O. The van der Waals surface area contributed by atoms with E-state index in [0.717, 1.165) is 12.8 Å². The summed E-state index contributed by atoms with van der Waals surface area (Å²) >= 11 is 6.05. The second-order valence-corrected chi connectivity index (χ2v) is 5.99. The molecule has 2 N–H and O–H groups in total. The third kappa shape index (κ3) is 3.52. The number of aromatic nitrogens is 2. The maximum absolute atomic E-state index is 12.3. The monoisotopic (exact) mass is 299 g/mol. The van der Waals surface area contributed by atoms with Crippen molar-refractivity contribution in [2.75, 3.05) is 11.9 Å². The lowest BCUT2D eigenvalue weighted by Crippen LogP contribution is -2.37. The van der Waals surface area contributed by atoms with Gasteiger partial charge in [-0.3, -0.25) is 4.79 Å². The van der Waals surface area contributed by atoms with E-state index in [-0.39, 0.29) is 5.56 Å². The fourth-order valence-electron chi connectivity index (χ4n) is 2.06. The van der Waals surface area contributed by atoms with Crippen molar-refractivity contribution in [3.8, 4) is 0 Å². The minimum absolute atomic E-state index is 0.209. The first-order valence-electron chi connectivity index (χ1n) is 7.21. The predicted molar refractivity (Wildman–Crippen MR) is 80.3 cm³/mol. The molecule has 0 atom stereocenters. The number of aliphatic hydroxyl groups is 1. The Morgan fingerprint density at radius 3 is 2.70 bits per heavy atom. The van der Waals surface area contributed by atoms with Crippen LogP contribution in [0.4, 0.5) is 5.69 Å². The van der Waals surface area contributed by atoms with Crippen LogP contribution in [0, 0.1) is 5.92 Å². The topological polar surface area (TPSA) is 67.2 Å². The highest BCUT2D eigenvalue weighted by Gasteiger charge is 2.25. The van der Waals surface area contributed by atoms with E-state index in [1.54, 1.807) is 0 Å². The zero-order chi connectivity index (χ0) is 14.8. The maximum Gasteiger partial charge on any atom is 0.291 e. The van der Waals surface area contributed by atoms with Crippen LogP contribution >= 0.6 is 11.6 Å². The largest absolute Gasteiger partial charge is 0.388 e. The Balaban J connectivity index is 2.15. The third-order valence-corrected chi connectivity index (χ3v) is 4.32. The van der Waals surface area contributed by atoms with Crippen LogP contribution in [0.15, 0.2) is 11.0 Å². The quantitative estimate of drug-likeness (QED) is 0.810. The summed E-state index contributed by atoms with van der Waals surface area (Å²) in [5.74, 6) is 0.567. The predicted octanol–water partition coefficient (Wildman–Crippen LogP) is 2.27. The molecule has 0 spiro atoms. The van der Waals surface area contributed by atoms with Gasteiger partial charge in [0.1, 0.15) is 5.69 Å². The van der Waals surface area contributed by atoms with E-state index in [4.69, 9.17) is 11.6 Å². The average Bonchev–Trinajstić information content (AvgIpc) is 3.25. The van der Waals surface area contributed by atoms with Gasteiger partial charge in [0, 0.05) is 13.1 Å². The third-order valence-electron chi connectivity index (χ3n) is 4.04. The minimum Gasteiger partial charge on any atom is -0.388 e. The van der Waals surface area contributed by atoms with E-state index in [1.807, 2.05) is 13.8 Å². The van der Waals surface area contributed by atoms with Gasteiger partial charge < -0.3 is 10.4 Å². The Kier molecular flexibility index (Phi) is 4.70. The number of hydrogen-bond acceptors (Lipinski definition) is 4. The highest BCUT2D eigenvalue weighted by atomic mass is 35.5. The smallest absolute Gasteiger partial charge is 0.291 e. The van der Waals surface area contributed by atoms with E-state index < -0.39 is 5.60 Å². The van der Waals surface area contributed by atoms with Crippen molar-refractivity contribution in [2.45, 2.75) is 51.7 Å². The van der Waals surface area contributed by atoms with Gasteiger partial charge in [0.15, 0.2) is 0 Å². The van der Waals surface area contributed by atoms with Crippen molar-refractivity contribution in [3.63, 3.8) is 0 Å². The van der Waals surface area contributed by atoms with Crippen molar-refractivity contribution in [1.29, 1.82) is 0 Å². The summed E-state index contributed by atoms with van der Waals surface area (Å²) in [6.45, 7) is 4.80. The van der Waals surface area contributed by atoms with Gasteiger partial charge in [-0.15, -0.1) is 0 Å². The lowest BCUT2D eigenvalue weighted by atomic mass is 9.97. The van der Waals surface area contributed by atoms with Crippen LogP contribution < -0.4 is 10.9 Å². The molecule has 1 saturated carbocycles. The van der Waals surface area contributed by atoms with Crippen molar-refractivity contribution < 1.29 is 5.11 Å². The van der Waals surface area contributed by atoms with E-state index >= 15 is 0 Å². The molecule has 20 heavy (non-hydrogen) atoms. The Bertz CT molecular complexity index is 522. The number of anilines is 1. The molecule has 0 saturated heterocycles. The van der Waals surface area contributed by atoms with Gasteiger partial charge in [-0.25, -0.2) is 4.68 Å². The number of nitrogens with one attached hydrogen (secondary N) is 1. The van der Waals surface area contributed by atoms with Crippen molar-refractivity contribution in [2.24, 2.45) is 5.92 Å². The molecule has 0 radical (unpaired) electrons. The molecule has 6 heteroatoms. The lowest BCUT2D eigenvalue weighted by Gasteiger charge is -2.26. The summed E-state index contributed by atoms with van der Waals surface area (Å²) in [5, 5.41) is 17.6. The molecule has 112 valence electrons. The first-order chi connectivity index (χ1) is 9.49. The number of halogens is 1. The second kappa shape index (κ2) is 6.14. The van der Waals surface area contributed by atoms with Gasteiger partial charge in [0.25, 0.3) is 5.56 Å². The first kappa shape index (κ1) is 15.3. The summed E-state index contributed by atoms with van der Waals surface area (Å²) in [5.41, 5.74) is -0.693. The van der Waals surface area contributed by atoms with E-state index in [2.05, 4.69) is 10.4 Å². The van der Waals surface area contributed by atoms with Crippen molar-refractivity contribution >= 4 is 17.3 Å². The molecule has 1 fully saturated rings. The Morgan fingerprint density at radius 2 is 2.15 bits per heavy atom. The Labute approximate surface area is 124 Å². The van der Waals surface area contributed by atoms with E-state index in [1.165, 1.54) is 10.9 Å². The van der Waals surface area contributed by atoms with Gasteiger partial charge in [0.2, 0.25) is 0 Å². The molecule has 0 aromatic carbocycles. The summed E-state index contributed by atoms with van der Waals surface area (Å²) in [7, 11) is 0. The highest BCUT2D eigenvalue weighted by molar-refractivity contribution is 6.32. The normalized spacial score (nSPS) is 15.4. The summed E-state index contributed by atoms with van der Waals surface area (Å²) < 4.78 is 1.46. The molecule has 1 aromatic rings. The van der Waals surface area contributed by atoms with Crippen LogP contribution in [0.2, 0.25) is 5.02 Å². The zero-order valence-corrected chi connectivity index (χ0v) is 12.8. The number of nitrogens with zero attached hydrogens (tertiary/aromatic N) is 2. The van der Waals surface area contributed by atoms with Gasteiger partial charge in [-0.2, -0.15) is 5.10 Å². The van der Waals surface area contributed by atoms with Crippen LogP contribution in [-0.2, 0) is 6.54 Å². The molecule has 5 nitrogen and oxygen atoms in total. The Hall–Kier alpha value is -1.07. The molecule has 1 aromatic heterocycles. The number of rotatable bonds is 7. The first-order valence-corrected chi connectivity index (χ1v) is 7.58. The fourth-order valence-corrected chi connectivity index (χ4v) is 2.25. The molecule has 2 rings (SSSR count). The molecule has 0 aliphatic heterocycles. The molecule has 1 heterocycles. The molecule has 1 aliphatic carbocycles. The van der Waals surface area contributed by atoms with Gasteiger partial charge in [0.05, 0.1) is 16.8 Å². The van der Waals surface area contributed by atoms with Crippen LogP contribution in [0.3, 0.4) is 0 Å².